The van der Waals surface area contributed by atoms with Gasteiger partial charge in [0, 0.05) is 10.6 Å². The van der Waals surface area contributed by atoms with E-state index in [-0.39, 0.29) is 6.42 Å². The van der Waals surface area contributed by atoms with Gasteiger partial charge >= 0.3 is 0 Å². The molecule has 0 aliphatic carbocycles. The highest BCUT2D eigenvalue weighted by Crippen LogP contribution is 2.12. The minimum Gasteiger partial charge on any atom is -0.302 e. The van der Waals surface area contributed by atoms with E-state index in [1.165, 1.54) is 12.1 Å². The smallest absolute Gasteiger partial charge is 0.131 e. The van der Waals surface area contributed by atoms with Crippen LogP contribution in [0.4, 0.5) is 4.39 Å². The summed E-state index contributed by atoms with van der Waals surface area (Å²) in [5, 5.41) is 0.301. The second-order valence-corrected chi connectivity index (χ2v) is 2.77. The summed E-state index contributed by atoms with van der Waals surface area (Å²) in [6, 6.07) is 4.01. The summed E-state index contributed by atoms with van der Waals surface area (Å²) in [6.45, 7) is 0. The standard InChI is InChI=1S/C10H6ClFO/c11-9-5-8(3-1-2-4-13)6-10(12)7-9/h4-7H,2H2. The Hall–Kier alpha value is -1.33. The van der Waals surface area contributed by atoms with Gasteiger partial charge in [0.2, 0.25) is 0 Å². The van der Waals surface area contributed by atoms with E-state index in [0.29, 0.717) is 16.9 Å². The highest BCUT2D eigenvalue weighted by Gasteiger charge is 1.95. The van der Waals surface area contributed by atoms with Crippen LogP contribution in [0.1, 0.15) is 12.0 Å². The molecular weight excluding hydrogens is 191 g/mol. The average molecular weight is 197 g/mol. The fourth-order valence-corrected chi connectivity index (χ4v) is 1.04. The highest BCUT2D eigenvalue weighted by molar-refractivity contribution is 6.30. The monoisotopic (exact) mass is 196 g/mol. The third-order valence-electron chi connectivity index (χ3n) is 1.28. The molecule has 66 valence electrons. The molecule has 1 nitrogen and oxygen atoms in total. The third-order valence-corrected chi connectivity index (χ3v) is 1.50. The summed E-state index contributed by atoms with van der Waals surface area (Å²) in [6.07, 6.45) is 0.835. The molecule has 0 amide bonds. The minimum atomic E-state index is -0.428. The number of hydrogen-bond acceptors (Lipinski definition) is 1. The molecule has 0 atom stereocenters. The molecule has 0 spiro atoms. The van der Waals surface area contributed by atoms with E-state index < -0.39 is 5.82 Å². The number of rotatable bonds is 1. The molecule has 0 aliphatic heterocycles. The first-order chi connectivity index (χ1) is 6.22. The lowest BCUT2D eigenvalue weighted by Gasteiger charge is -1.92. The van der Waals surface area contributed by atoms with Crippen LogP contribution in [0.15, 0.2) is 18.2 Å². The fraction of sp³-hybridized carbons (Fsp3) is 0.100. The summed E-state index contributed by atoms with van der Waals surface area (Å²) < 4.78 is 12.7. The van der Waals surface area contributed by atoms with Crippen LogP contribution in [0.3, 0.4) is 0 Å². The Balaban J connectivity index is 2.90. The van der Waals surface area contributed by atoms with Gasteiger partial charge in [-0.15, -0.1) is 0 Å². The summed E-state index contributed by atoms with van der Waals surface area (Å²) in [7, 11) is 0. The molecule has 0 radical (unpaired) electrons. The molecule has 0 unspecified atom stereocenters. The number of carbonyl (C=O) groups is 1. The molecule has 0 heterocycles. The number of hydrogen-bond donors (Lipinski definition) is 0. The van der Waals surface area contributed by atoms with Crippen molar-refractivity contribution in [2.24, 2.45) is 0 Å². The lowest BCUT2D eigenvalue weighted by atomic mass is 10.2. The maximum atomic E-state index is 12.7. The first-order valence-electron chi connectivity index (χ1n) is 3.61. The van der Waals surface area contributed by atoms with Crippen molar-refractivity contribution in [1.29, 1.82) is 0 Å². The van der Waals surface area contributed by atoms with Crippen LogP contribution in [-0.4, -0.2) is 6.29 Å². The molecule has 13 heavy (non-hydrogen) atoms. The Bertz CT molecular complexity index is 356. The molecule has 0 aromatic heterocycles. The van der Waals surface area contributed by atoms with Crippen molar-refractivity contribution in [2.45, 2.75) is 6.42 Å². The molecule has 1 rings (SSSR count). The number of halogens is 2. The minimum absolute atomic E-state index is 0.147. The first kappa shape index (κ1) is 9.76. The molecule has 1 aromatic rings. The van der Waals surface area contributed by atoms with Crippen LogP contribution >= 0.6 is 11.6 Å². The van der Waals surface area contributed by atoms with Gasteiger partial charge in [0.1, 0.15) is 12.1 Å². The van der Waals surface area contributed by atoms with E-state index in [1.54, 1.807) is 6.07 Å². The van der Waals surface area contributed by atoms with Gasteiger partial charge in [-0.25, -0.2) is 4.39 Å². The van der Waals surface area contributed by atoms with Crippen molar-refractivity contribution in [3.63, 3.8) is 0 Å². The molecule has 0 bridgehead atoms. The molecule has 0 saturated heterocycles. The SMILES string of the molecule is O=CCC#Cc1cc(F)cc(Cl)c1. The van der Waals surface area contributed by atoms with Crippen LogP contribution in [0.2, 0.25) is 5.02 Å². The number of carbonyl (C=O) groups excluding carboxylic acids is 1. The molecule has 3 heteroatoms. The van der Waals surface area contributed by atoms with E-state index in [2.05, 4.69) is 11.8 Å². The van der Waals surface area contributed by atoms with Gasteiger partial charge in [-0.1, -0.05) is 23.4 Å². The van der Waals surface area contributed by atoms with E-state index in [4.69, 9.17) is 11.6 Å². The Morgan fingerprint density at radius 3 is 2.85 bits per heavy atom. The molecule has 0 aliphatic rings. The van der Waals surface area contributed by atoms with Gasteiger partial charge in [-0.05, 0) is 18.2 Å². The summed E-state index contributed by atoms with van der Waals surface area (Å²) in [5.41, 5.74) is 0.479. The average Bonchev–Trinajstić information content (AvgIpc) is 2.03. The topological polar surface area (TPSA) is 17.1 Å². The molecular formula is C10H6ClFO. The zero-order valence-corrected chi connectivity index (χ0v) is 7.44. The van der Waals surface area contributed by atoms with Crippen LogP contribution in [0, 0.1) is 17.7 Å². The quantitative estimate of drug-likeness (QED) is 0.498. The van der Waals surface area contributed by atoms with Gasteiger partial charge in [0.25, 0.3) is 0 Å². The first-order valence-corrected chi connectivity index (χ1v) is 3.99. The summed E-state index contributed by atoms with van der Waals surface area (Å²) in [5.74, 6) is 4.76. The largest absolute Gasteiger partial charge is 0.302 e. The predicted octanol–water partition coefficient (Wildman–Crippen LogP) is 2.42. The van der Waals surface area contributed by atoms with Crippen LogP contribution < -0.4 is 0 Å². The number of aldehydes is 1. The highest BCUT2D eigenvalue weighted by atomic mass is 35.5. The maximum absolute atomic E-state index is 12.7. The van der Waals surface area contributed by atoms with E-state index >= 15 is 0 Å². The molecule has 0 N–H and O–H groups in total. The van der Waals surface area contributed by atoms with Crippen molar-refractivity contribution in [3.8, 4) is 11.8 Å². The molecule has 1 aromatic carbocycles. The van der Waals surface area contributed by atoms with Crippen molar-refractivity contribution >= 4 is 17.9 Å². The number of benzene rings is 1. The van der Waals surface area contributed by atoms with Gasteiger partial charge in [-0.3, -0.25) is 0 Å². The zero-order chi connectivity index (χ0) is 9.68. The zero-order valence-electron chi connectivity index (χ0n) is 6.68. The second-order valence-electron chi connectivity index (χ2n) is 2.33. The molecule has 0 saturated carbocycles. The van der Waals surface area contributed by atoms with Gasteiger partial charge in [0.15, 0.2) is 0 Å². The van der Waals surface area contributed by atoms with E-state index in [9.17, 15) is 9.18 Å². The second kappa shape index (κ2) is 4.64. The van der Waals surface area contributed by atoms with Crippen LogP contribution in [0.5, 0.6) is 0 Å². The van der Waals surface area contributed by atoms with Crippen molar-refractivity contribution < 1.29 is 9.18 Å². The van der Waals surface area contributed by atoms with Crippen molar-refractivity contribution in [1.82, 2.24) is 0 Å². The molecule has 0 fully saturated rings. The Kier molecular flexibility index (Phi) is 3.48. The predicted molar refractivity (Wildman–Crippen MR) is 49.0 cm³/mol. The lowest BCUT2D eigenvalue weighted by molar-refractivity contribution is -0.107. The lowest BCUT2D eigenvalue weighted by Crippen LogP contribution is -1.79. The third kappa shape index (κ3) is 3.27. The summed E-state index contributed by atoms with van der Waals surface area (Å²) in [4.78, 5) is 9.93. The van der Waals surface area contributed by atoms with Crippen LogP contribution in [0.25, 0.3) is 0 Å². The summed E-state index contributed by atoms with van der Waals surface area (Å²) >= 11 is 5.59. The maximum Gasteiger partial charge on any atom is 0.131 e. The fourth-order valence-electron chi connectivity index (χ4n) is 0.821. The van der Waals surface area contributed by atoms with E-state index in [1.807, 2.05) is 0 Å². The Labute approximate surface area is 80.5 Å². The van der Waals surface area contributed by atoms with Crippen molar-refractivity contribution in [3.05, 3.63) is 34.6 Å². The van der Waals surface area contributed by atoms with E-state index in [0.717, 1.165) is 0 Å². The van der Waals surface area contributed by atoms with Crippen molar-refractivity contribution in [2.75, 3.05) is 0 Å². The van der Waals surface area contributed by atoms with Gasteiger partial charge < -0.3 is 4.79 Å². The van der Waals surface area contributed by atoms with Gasteiger partial charge in [-0.2, -0.15) is 0 Å². The Morgan fingerprint density at radius 2 is 2.23 bits per heavy atom. The Morgan fingerprint density at radius 1 is 1.46 bits per heavy atom. The van der Waals surface area contributed by atoms with Gasteiger partial charge in [0.05, 0.1) is 6.42 Å². The van der Waals surface area contributed by atoms with Crippen LogP contribution in [-0.2, 0) is 4.79 Å². The normalized spacial score (nSPS) is 8.77.